The first-order chi connectivity index (χ1) is 44.1. The predicted octanol–water partition coefficient (Wildman–Crippen LogP) is 21.8. The van der Waals surface area contributed by atoms with Gasteiger partial charge in [-0.1, -0.05) is 226 Å². The number of rotatable bonds is 2. The number of benzene rings is 14. The quantitative estimate of drug-likeness (QED) is 0.158. The third-order valence-electron chi connectivity index (χ3n) is 16.7. The number of halogens is 2. The van der Waals surface area contributed by atoms with Crippen LogP contribution in [0.25, 0.3) is 153 Å². The Morgan fingerprint density at radius 3 is 0.744 bits per heavy atom. The molecule has 0 bridgehead atoms. The van der Waals surface area contributed by atoms with Crippen molar-refractivity contribution in [3.8, 4) is 22.3 Å². The number of nitrogens with zero attached hydrogens (tertiary/aromatic N) is 8. The highest BCUT2D eigenvalue weighted by atomic mass is 79.9. The summed E-state index contributed by atoms with van der Waals surface area (Å²) in [6.45, 7) is 7.94. The molecule has 0 atom stereocenters. The van der Waals surface area contributed by atoms with Crippen molar-refractivity contribution in [2.24, 2.45) is 0 Å². The van der Waals surface area contributed by atoms with Crippen LogP contribution in [0.3, 0.4) is 0 Å². The molecule has 0 aliphatic carbocycles. The first kappa shape index (κ1) is 56.0. The van der Waals surface area contributed by atoms with Crippen LogP contribution < -0.4 is 0 Å². The first-order valence-corrected chi connectivity index (χ1v) is 31.4. The molecule has 0 N–H and O–H groups in total. The number of fused-ring (bicyclic) bond motifs is 24. The summed E-state index contributed by atoms with van der Waals surface area (Å²) in [5, 5.41) is 19.0. The Balaban J connectivity index is 0.000000101. The summed E-state index contributed by atoms with van der Waals surface area (Å²) < 4.78 is 2.16. The molecule has 0 saturated carbocycles. The lowest BCUT2D eigenvalue weighted by molar-refractivity contribution is 1.19. The van der Waals surface area contributed by atoms with E-state index in [-0.39, 0.29) is 0 Å². The molecule has 18 rings (SSSR count). The second kappa shape index (κ2) is 23.5. The molecule has 4 heterocycles. The molecule has 0 radical (unpaired) electrons. The highest BCUT2D eigenvalue weighted by molar-refractivity contribution is 9.10. The van der Waals surface area contributed by atoms with E-state index in [0.29, 0.717) is 0 Å². The SMILES string of the molecule is Cc1cnc2c3ccc(-c4ccccc4)cc3c3ccccc3c2n1.Cc1cnc2c3ccc(Br)cc3c3ccccc3c2n1.Cc1cnc2c3ccccc3c3cc(-c4ccccc4)ccc3c2n1.Cc1cnc2c3ccccc3c3cc(Br)ccc3c2n1. The van der Waals surface area contributed by atoms with Crippen molar-refractivity contribution >= 4 is 162 Å². The van der Waals surface area contributed by atoms with E-state index in [9.17, 15) is 0 Å². The Morgan fingerprint density at radius 1 is 0.200 bits per heavy atom. The Labute approximate surface area is 535 Å². The zero-order valence-corrected chi connectivity index (χ0v) is 52.8. The minimum atomic E-state index is 0.941. The standard InChI is InChI=1S/2C23H16N2.2C17H11BrN2/c1-15-14-24-22-20-12-11-17(16-7-3-2-4-8-16)13-21(20)18-9-5-6-10-19(18)23(22)25-15;1-15-14-24-22-19-10-6-5-9-18(19)21-13-17(16-7-3-2-4-8-16)11-12-20(21)23(22)25-15;1-10-9-19-16-14-7-6-11(18)8-15(14)12-4-2-3-5-13(12)17(16)20-10;1-10-9-19-16-13-5-3-2-4-12(13)15-8-11(18)6-7-14(15)17(16)20-10/h2*2-14H,1H3;2*2-9H,1H3. The molecular weight excluding hydrogens is 1230 g/mol. The molecule has 0 fully saturated rings. The van der Waals surface area contributed by atoms with E-state index in [1.54, 1.807) is 0 Å². The van der Waals surface area contributed by atoms with Crippen LogP contribution in [0.2, 0.25) is 0 Å². The summed E-state index contributed by atoms with van der Waals surface area (Å²) in [5.41, 5.74) is 16.5. The van der Waals surface area contributed by atoms with E-state index in [0.717, 1.165) is 119 Å². The Kier molecular flexibility index (Phi) is 14.7. The Hall–Kier alpha value is -10.5. The topological polar surface area (TPSA) is 103 Å². The maximum absolute atomic E-state index is 4.79. The molecule has 0 aliphatic rings. The maximum Gasteiger partial charge on any atom is 0.0974 e. The maximum atomic E-state index is 4.79. The van der Waals surface area contributed by atoms with Crippen molar-refractivity contribution in [3.63, 3.8) is 0 Å². The van der Waals surface area contributed by atoms with E-state index in [2.05, 4.69) is 259 Å². The van der Waals surface area contributed by atoms with E-state index >= 15 is 0 Å². The number of hydrogen-bond acceptors (Lipinski definition) is 8. The van der Waals surface area contributed by atoms with Gasteiger partial charge in [-0.3, -0.25) is 19.9 Å². The van der Waals surface area contributed by atoms with Crippen LogP contribution in [-0.2, 0) is 0 Å². The van der Waals surface area contributed by atoms with Crippen LogP contribution in [0.15, 0.2) is 264 Å². The Bertz CT molecular complexity index is 5720. The van der Waals surface area contributed by atoms with Crippen molar-refractivity contribution in [1.29, 1.82) is 0 Å². The van der Waals surface area contributed by atoms with Crippen LogP contribution in [0.1, 0.15) is 22.8 Å². The normalized spacial score (nSPS) is 11.4. The molecule has 4 aromatic heterocycles. The van der Waals surface area contributed by atoms with Crippen LogP contribution in [0.5, 0.6) is 0 Å². The van der Waals surface area contributed by atoms with E-state index in [1.165, 1.54) is 65.3 Å². The van der Waals surface area contributed by atoms with Crippen LogP contribution in [-0.4, -0.2) is 39.9 Å². The fourth-order valence-electron chi connectivity index (χ4n) is 12.6. The van der Waals surface area contributed by atoms with Gasteiger partial charge in [-0.25, -0.2) is 19.9 Å². The lowest BCUT2D eigenvalue weighted by Crippen LogP contribution is -1.91. The third-order valence-corrected chi connectivity index (χ3v) is 17.7. The van der Waals surface area contributed by atoms with Crippen molar-refractivity contribution in [3.05, 3.63) is 287 Å². The predicted molar refractivity (Wildman–Crippen MR) is 383 cm³/mol. The molecule has 0 aliphatic heterocycles. The fraction of sp³-hybridized carbons (Fsp3) is 0.0500. The molecule has 0 amide bonds. The van der Waals surface area contributed by atoms with Gasteiger partial charge >= 0.3 is 0 Å². The van der Waals surface area contributed by atoms with Crippen molar-refractivity contribution < 1.29 is 0 Å². The second-order valence-corrected chi connectivity index (χ2v) is 24.5. The van der Waals surface area contributed by atoms with Gasteiger partial charge in [0.2, 0.25) is 0 Å². The number of hydrogen-bond donors (Lipinski definition) is 0. The molecule has 90 heavy (non-hydrogen) atoms. The molecule has 14 aromatic carbocycles. The smallest absolute Gasteiger partial charge is 0.0974 e. The van der Waals surface area contributed by atoms with Gasteiger partial charge in [0.1, 0.15) is 0 Å². The highest BCUT2D eigenvalue weighted by Crippen LogP contribution is 2.40. The summed E-state index contributed by atoms with van der Waals surface area (Å²) in [6, 6.07) is 80.6. The lowest BCUT2D eigenvalue weighted by Gasteiger charge is -2.11. The van der Waals surface area contributed by atoms with Gasteiger partial charge in [0, 0.05) is 76.8 Å². The van der Waals surface area contributed by atoms with Crippen molar-refractivity contribution in [2.75, 3.05) is 0 Å². The van der Waals surface area contributed by atoms with Crippen LogP contribution >= 0.6 is 31.9 Å². The fourth-order valence-corrected chi connectivity index (χ4v) is 13.3. The molecular formula is C80H54Br2N8. The minimum absolute atomic E-state index is 0.941. The number of aryl methyl sites for hydroxylation is 4. The van der Waals surface area contributed by atoms with Gasteiger partial charge < -0.3 is 0 Å². The average molecular weight is 1290 g/mol. The van der Waals surface area contributed by atoms with E-state index < -0.39 is 0 Å². The molecule has 18 aromatic rings. The van der Waals surface area contributed by atoms with Gasteiger partial charge in [-0.05, 0) is 129 Å². The average Bonchev–Trinajstić information content (AvgIpc) is 0.831. The summed E-state index contributed by atoms with van der Waals surface area (Å²) in [4.78, 5) is 37.6. The van der Waals surface area contributed by atoms with Gasteiger partial charge in [-0.2, -0.15) is 0 Å². The number of aromatic nitrogens is 8. The largest absolute Gasteiger partial charge is 0.252 e. The van der Waals surface area contributed by atoms with Gasteiger partial charge in [0.05, 0.1) is 66.9 Å². The molecule has 10 heteroatoms. The van der Waals surface area contributed by atoms with E-state index in [4.69, 9.17) is 24.9 Å². The molecule has 8 nitrogen and oxygen atoms in total. The lowest BCUT2D eigenvalue weighted by atomic mass is 9.95. The first-order valence-electron chi connectivity index (χ1n) is 29.8. The monoisotopic (exact) mass is 1280 g/mol. The van der Waals surface area contributed by atoms with Crippen LogP contribution in [0.4, 0.5) is 0 Å². The van der Waals surface area contributed by atoms with Gasteiger partial charge in [0.25, 0.3) is 0 Å². The molecule has 0 spiro atoms. The van der Waals surface area contributed by atoms with Crippen molar-refractivity contribution in [2.45, 2.75) is 27.7 Å². The van der Waals surface area contributed by atoms with E-state index in [1.807, 2.05) is 70.7 Å². The molecule has 428 valence electrons. The van der Waals surface area contributed by atoms with Gasteiger partial charge in [0.15, 0.2) is 0 Å². The second-order valence-electron chi connectivity index (χ2n) is 22.6. The molecule has 0 unspecified atom stereocenters. The zero-order chi connectivity index (χ0) is 61.0. The summed E-state index contributed by atoms with van der Waals surface area (Å²) in [7, 11) is 0. The zero-order valence-electron chi connectivity index (χ0n) is 49.6. The summed E-state index contributed by atoms with van der Waals surface area (Å²) in [6.07, 6.45) is 7.36. The van der Waals surface area contributed by atoms with Crippen molar-refractivity contribution in [1.82, 2.24) is 39.9 Å². The molecule has 0 saturated heterocycles. The minimum Gasteiger partial charge on any atom is -0.252 e. The summed E-state index contributed by atoms with van der Waals surface area (Å²) >= 11 is 7.12. The Morgan fingerprint density at radius 2 is 0.433 bits per heavy atom. The summed E-state index contributed by atoms with van der Waals surface area (Å²) in [5.74, 6) is 0. The highest BCUT2D eigenvalue weighted by Gasteiger charge is 2.16. The van der Waals surface area contributed by atoms with Crippen LogP contribution in [0, 0.1) is 27.7 Å². The third kappa shape index (κ3) is 10.3. The van der Waals surface area contributed by atoms with Gasteiger partial charge in [-0.15, -0.1) is 0 Å².